The fourth-order valence-electron chi connectivity index (χ4n) is 1.06. The number of carbonyl (C=O) groups excluding carboxylic acids is 4. The van der Waals surface area contributed by atoms with Crippen molar-refractivity contribution in [1.82, 2.24) is 0 Å². The van der Waals surface area contributed by atoms with E-state index in [1.807, 2.05) is 13.8 Å². The van der Waals surface area contributed by atoms with Gasteiger partial charge in [0, 0.05) is 51.8 Å². The Balaban J connectivity index is -0.0000000743. The third kappa shape index (κ3) is 44.9. The number of hydrogen-bond acceptors (Lipinski definition) is 8. The maximum atomic E-state index is 10.4. The van der Waals surface area contributed by atoms with Crippen molar-refractivity contribution in [3.8, 4) is 0 Å². The van der Waals surface area contributed by atoms with E-state index in [-0.39, 0.29) is 33.3 Å². The average Bonchev–Trinajstić information content (AvgIpc) is 2.42. The van der Waals surface area contributed by atoms with E-state index in [0.29, 0.717) is 25.7 Å². The van der Waals surface area contributed by atoms with Gasteiger partial charge >= 0.3 is 21.7 Å². The monoisotopic (exact) mass is 370 g/mol. The topological polar surface area (TPSA) is 155 Å². The summed E-state index contributed by atoms with van der Waals surface area (Å²) in [6, 6.07) is 0. The molecule has 0 unspecified atom stereocenters. The number of carbonyl (C=O) groups is 4. The standard InChI is InChI=1S/2C6H10O3.2CH4O.Ti/c2*1-2-3-5(7)4-6(8)9;2*1-2;/h2*2-4H2,1H3,(H,8,9);2*2H,1H3;/q;;;;+2/p-2. The Morgan fingerprint density at radius 1 is 0.696 bits per heavy atom. The van der Waals surface area contributed by atoms with Crippen LogP contribution in [0.15, 0.2) is 0 Å². The number of carboxylic acid groups (broad SMARTS) is 2. The van der Waals surface area contributed by atoms with Gasteiger partial charge in [0.05, 0.1) is 0 Å². The SMILES string of the molecule is CCCC(=O)CC(=O)[O-].CCCC(=O)CC(=O)[O-].CO.CO.[Ti+2]. The van der Waals surface area contributed by atoms with Gasteiger partial charge in [-0.1, -0.05) is 13.8 Å². The molecule has 0 heterocycles. The molecule has 0 saturated heterocycles. The molecule has 0 rings (SSSR count). The van der Waals surface area contributed by atoms with Gasteiger partial charge in [0.1, 0.15) is 11.6 Å². The Labute approximate surface area is 151 Å². The zero-order chi connectivity index (χ0) is 18.6. The van der Waals surface area contributed by atoms with Crippen LogP contribution in [-0.4, -0.2) is 47.9 Å². The molecule has 0 saturated carbocycles. The summed E-state index contributed by atoms with van der Waals surface area (Å²) < 4.78 is 0. The minimum absolute atomic E-state index is 0. The summed E-state index contributed by atoms with van der Waals surface area (Å²) >= 11 is 0. The molecular weight excluding hydrogens is 344 g/mol. The van der Waals surface area contributed by atoms with Gasteiger partial charge in [0.15, 0.2) is 0 Å². The molecule has 2 N–H and O–H groups in total. The van der Waals surface area contributed by atoms with Gasteiger partial charge in [-0.25, -0.2) is 0 Å². The molecule has 0 aliphatic carbocycles. The first-order chi connectivity index (χ1) is 10.3. The smallest absolute Gasteiger partial charge is 0.550 e. The van der Waals surface area contributed by atoms with Gasteiger partial charge in [-0.3, -0.25) is 9.59 Å². The van der Waals surface area contributed by atoms with Crippen molar-refractivity contribution in [2.45, 2.75) is 52.4 Å². The summed E-state index contributed by atoms with van der Waals surface area (Å²) in [6.07, 6.45) is 1.21. The van der Waals surface area contributed by atoms with Crippen molar-refractivity contribution in [3.63, 3.8) is 0 Å². The van der Waals surface area contributed by atoms with E-state index in [4.69, 9.17) is 10.2 Å². The number of Topliss-reactive ketones (excluding diaryl/α,β-unsaturated/α-hetero) is 2. The Bertz CT molecular complexity index is 275. The van der Waals surface area contributed by atoms with Crippen molar-refractivity contribution >= 4 is 23.5 Å². The maximum Gasteiger partial charge on any atom is 2.00 e. The van der Waals surface area contributed by atoms with E-state index in [9.17, 15) is 29.4 Å². The van der Waals surface area contributed by atoms with E-state index in [2.05, 4.69) is 0 Å². The van der Waals surface area contributed by atoms with Crippen LogP contribution in [0.4, 0.5) is 0 Å². The van der Waals surface area contributed by atoms with Crippen molar-refractivity contribution in [2.24, 2.45) is 0 Å². The molecule has 0 aliphatic heterocycles. The number of carboxylic acids is 2. The van der Waals surface area contributed by atoms with Gasteiger partial charge in [-0.2, -0.15) is 0 Å². The van der Waals surface area contributed by atoms with Crippen LogP contribution < -0.4 is 10.2 Å². The van der Waals surface area contributed by atoms with Crippen molar-refractivity contribution < 1.29 is 61.3 Å². The van der Waals surface area contributed by atoms with Crippen LogP contribution in [0.2, 0.25) is 0 Å². The molecule has 0 spiro atoms. The van der Waals surface area contributed by atoms with E-state index >= 15 is 0 Å². The first-order valence-corrected chi connectivity index (χ1v) is 6.65. The second kappa shape index (κ2) is 29.0. The second-order valence-corrected chi connectivity index (χ2v) is 3.67. The number of ketones is 2. The molecule has 8 nitrogen and oxygen atoms in total. The molecule has 134 valence electrons. The molecule has 0 aromatic heterocycles. The quantitative estimate of drug-likeness (QED) is 0.375. The zero-order valence-corrected chi connectivity index (χ0v) is 15.6. The van der Waals surface area contributed by atoms with Gasteiger partial charge in [-0.15, -0.1) is 0 Å². The van der Waals surface area contributed by atoms with Gasteiger partial charge in [0.2, 0.25) is 0 Å². The number of aliphatic hydroxyl groups is 2. The third-order valence-electron chi connectivity index (χ3n) is 1.74. The molecule has 0 atom stereocenters. The Hall–Kier alpha value is -1.09. The Kier molecular flexibility index (Phi) is 42.2. The summed E-state index contributed by atoms with van der Waals surface area (Å²) in [5, 5.41) is 33.5. The van der Waals surface area contributed by atoms with E-state index in [1.54, 1.807) is 0 Å². The van der Waals surface area contributed by atoms with Gasteiger partial charge < -0.3 is 30.0 Å². The maximum absolute atomic E-state index is 10.4. The van der Waals surface area contributed by atoms with Crippen molar-refractivity contribution in [2.75, 3.05) is 14.2 Å². The first kappa shape index (κ1) is 33.5. The fourth-order valence-corrected chi connectivity index (χ4v) is 1.06. The summed E-state index contributed by atoms with van der Waals surface area (Å²) in [5.41, 5.74) is 0. The molecule has 0 amide bonds. The largest absolute Gasteiger partial charge is 2.00 e. The predicted molar refractivity (Wildman–Crippen MR) is 75.4 cm³/mol. The van der Waals surface area contributed by atoms with E-state index in [1.165, 1.54) is 0 Å². The minimum Gasteiger partial charge on any atom is -0.550 e. The Morgan fingerprint density at radius 3 is 1.04 bits per heavy atom. The summed E-state index contributed by atoms with van der Waals surface area (Å²) in [5.74, 6) is -3.07. The predicted octanol–water partition coefficient (Wildman–Crippen LogP) is -1.79. The van der Waals surface area contributed by atoms with Gasteiger partial charge in [-0.05, 0) is 12.8 Å². The summed E-state index contributed by atoms with van der Waals surface area (Å²) in [6.45, 7) is 3.65. The third-order valence-corrected chi connectivity index (χ3v) is 1.74. The van der Waals surface area contributed by atoms with Crippen LogP contribution in [0.3, 0.4) is 0 Å². The normalized spacial score (nSPS) is 7.57. The molecule has 23 heavy (non-hydrogen) atoms. The van der Waals surface area contributed by atoms with E-state index in [0.717, 1.165) is 14.2 Å². The number of aliphatic hydroxyl groups excluding tert-OH is 2. The molecule has 0 aromatic rings. The molecule has 0 radical (unpaired) electrons. The molecular formula is C14H26O8Ti. The number of rotatable bonds is 8. The van der Waals surface area contributed by atoms with Gasteiger partial charge in [0.25, 0.3) is 0 Å². The molecule has 0 aliphatic rings. The first-order valence-electron chi connectivity index (χ1n) is 6.65. The van der Waals surface area contributed by atoms with Crippen molar-refractivity contribution in [3.05, 3.63) is 0 Å². The average molecular weight is 370 g/mol. The summed E-state index contributed by atoms with van der Waals surface area (Å²) in [7, 11) is 2.00. The number of hydrogen-bond donors (Lipinski definition) is 2. The van der Waals surface area contributed by atoms with Crippen LogP contribution in [0.5, 0.6) is 0 Å². The van der Waals surface area contributed by atoms with Crippen LogP contribution in [0, 0.1) is 0 Å². The van der Waals surface area contributed by atoms with Crippen LogP contribution in [0.25, 0.3) is 0 Å². The minimum atomic E-state index is -1.28. The molecule has 0 bridgehead atoms. The Morgan fingerprint density at radius 2 is 0.913 bits per heavy atom. The van der Waals surface area contributed by atoms with Crippen molar-refractivity contribution in [1.29, 1.82) is 0 Å². The number of aliphatic carboxylic acids is 2. The zero-order valence-electron chi connectivity index (χ0n) is 14.1. The molecule has 0 fully saturated rings. The van der Waals surface area contributed by atoms with E-state index < -0.39 is 24.8 Å². The fraction of sp³-hybridized carbons (Fsp3) is 0.714. The molecule has 9 heteroatoms. The van der Waals surface area contributed by atoms with Crippen LogP contribution in [-0.2, 0) is 40.9 Å². The molecule has 0 aromatic carbocycles. The summed E-state index contributed by atoms with van der Waals surface area (Å²) in [4.78, 5) is 40.4. The second-order valence-electron chi connectivity index (χ2n) is 3.67. The van der Waals surface area contributed by atoms with Crippen LogP contribution >= 0.6 is 0 Å². The van der Waals surface area contributed by atoms with Crippen LogP contribution in [0.1, 0.15) is 52.4 Å².